The van der Waals surface area contributed by atoms with Gasteiger partial charge in [-0.2, -0.15) is 0 Å². The van der Waals surface area contributed by atoms with Gasteiger partial charge in [-0.25, -0.2) is 0 Å². The van der Waals surface area contributed by atoms with Crippen LogP contribution in [0.1, 0.15) is 18.4 Å². The number of likely N-dealkylation sites (tertiary alicyclic amines) is 1. The van der Waals surface area contributed by atoms with Gasteiger partial charge in [0.1, 0.15) is 0 Å². The number of rotatable bonds is 4. The maximum absolute atomic E-state index is 4.15. The maximum Gasteiger partial charge on any atom is 0.0528 e. The molecule has 1 N–H and O–H groups in total. The van der Waals surface area contributed by atoms with Gasteiger partial charge in [0.15, 0.2) is 0 Å². The summed E-state index contributed by atoms with van der Waals surface area (Å²) >= 11 is 0. The van der Waals surface area contributed by atoms with Gasteiger partial charge in [-0.15, -0.1) is 0 Å². The summed E-state index contributed by atoms with van der Waals surface area (Å²) in [6.07, 6.45) is 6.10. The minimum absolute atomic E-state index is 0.575. The third-order valence-electron chi connectivity index (χ3n) is 3.87. The van der Waals surface area contributed by atoms with Crippen molar-refractivity contribution < 1.29 is 0 Å². The second-order valence-corrected chi connectivity index (χ2v) is 5.42. The molecule has 0 bridgehead atoms. The fourth-order valence-electron chi connectivity index (χ4n) is 2.76. The van der Waals surface area contributed by atoms with Crippen molar-refractivity contribution in [3.8, 4) is 0 Å². The number of benzene rings is 1. The molecular weight excluding hydrogens is 246 g/mol. The zero-order chi connectivity index (χ0) is 13.6. The highest BCUT2D eigenvalue weighted by molar-refractivity contribution is 5.40. The minimum Gasteiger partial charge on any atom is -0.381 e. The predicted molar refractivity (Wildman–Crippen MR) is 82.6 cm³/mol. The molecule has 1 saturated heterocycles. The molecule has 0 saturated carbocycles. The molecule has 0 radical (unpaired) electrons. The van der Waals surface area contributed by atoms with Gasteiger partial charge in [-0.05, 0) is 30.5 Å². The Bertz CT molecular complexity index is 455. The van der Waals surface area contributed by atoms with Gasteiger partial charge >= 0.3 is 0 Å². The van der Waals surface area contributed by atoms with Crippen molar-refractivity contribution in [3.63, 3.8) is 0 Å². The first kappa shape index (κ1) is 13.1. The van der Waals surface area contributed by atoms with Crippen molar-refractivity contribution in [2.75, 3.05) is 18.4 Å². The number of aromatic nitrogens is 1. The van der Waals surface area contributed by atoms with E-state index in [2.05, 4.69) is 51.6 Å². The Kier molecular flexibility index (Phi) is 4.28. The Balaban J connectivity index is 1.47. The number of hydrogen-bond donors (Lipinski definition) is 1. The molecule has 1 aliphatic heterocycles. The van der Waals surface area contributed by atoms with Crippen LogP contribution in [0.2, 0.25) is 0 Å². The number of piperidine rings is 1. The first-order chi connectivity index (χ1) is 9.90. The summed E-state index contributed by atoms with van der Waals surface area (Å²) in [6, 6.07) is 15.4. The quantitative estimate of drug-likeness (QED) is 0.922. The highest BCUT2D eigenvalue weighted by Gasteiger charge is 2.18. The molecule has 104 valence electrons. The summed E-state index contributed by atoms with van der Waals surface area (Å²) in [4.78, 5) is 6.69. The Morgan fingerprint density at radius 3 is 2.55 bits per heavy atom. The number of nitrogens with one attached hydrogen (secondary N) is 1. The summed E-state index contributed by atoms with van der Waals surface area (Å²) in [6.45, 7) is 3.39. The van der Waals surface area contributed by atoms with Crippen LogP contribution < -0.4 is 5.32 Å². The van der Waals surface area contributed by atoms with Crippen LogP contribution in [-0.2, 0) is 6.54 Å². The smallest absolute Gasteiger partial charge is 0.0528 e. The average molecular weight is 267 g/mol. The van der Waals surface area contributed by atoms with E-state index >= 15 is 0 Å². The van der Waals surface area contributed by atoms with E-state index in [0.717, 1.165) is 25.3 Å². The van der Waals surface area contributed by atoms with Crippen molar-refractivity contribution in [1.29, 1.82) is 0 Å². The van der Waals surface area contributed by atoms with E-state index in [4.69, 9.17) is 0 Å². The molecule has 0 unspecified atom stereocenters. The van der Waals surface area contributed by atoms with Crippen molar-refractivity contribution in [2.24, 2.45) is 0 Å². The summed E-state index contributed by atoms with van der Waals surface area (Å²) in [5.41, 5.74) is 2.54. The fraction of sp³-hybridized carbons (Fsp3) is 0.353. The van der Waals surface area contributed by atoms with Gasteiger partial charge in [0.05, 0.1) is 5.69 Å². The van der Waals surface area contributed by atoms with Crippen molar-refractivity contribution in [1.82, 2.24) is 9.88 Å². The molecule has 0 atom stereocenters. The van der Waals surface area contributed by atoms with E-state index in [9.17, 15) is 0 Å². The lowest BCUT2D eigenvalue weighted by Gasteiger charge is -2.32. The van der Waals surface area contributed by atoms with E-state index in [1.54, 1.807) is 0 Å². The van der Waals surface area contributed by atoms with E-state index < -0.39 is 0 Å². The summed E-state index contributed by atoms with van der Waals surface area (Å²) in [7, 11) is 0. The van der Waals surface area contributed by atoms with Gasteiger partial charge < -0.3 is 5.32 Å². The number of nitrogens with zero attached hydrogens (tertiary/aromatic N) is 2. The van der Waals surface area contributed by atoms with Gasteiger partial charge in [-0.3, -0.25) is 9.88 Å². The standard InChI is InChI=1S/C17H21N3/c1-2-5-15(6-3-1)14-20-11-8-16(9-12-20)19-17-7-4-10-18-13-17/h1-7,10,13,16,19H,8-9,11-12,14H2. The number of anilines is 1. The molecule has 3 heteroatoms. The molecule has 1 fully saturated rings. The Hall–Kier alpha value is -1.87. The van der Waals surface area contributed by atoms with Crippen LogP contribution >= 0.6 is 0 Å². The summed E-state index contributed by atoms with van der Waals surface area (Å²) in [5.74, 6) is 0. The van der Waals surface area contributed by atoms with E-state index in [1.807, 2.05) is 18.5 Å². The molecule has 20 heavy (non-hydrogen) atoms. The highest BCUT2D eigenvalue weighted by atomic mass is 15.1. The first-order valence-electron chi connectivity index (χ1n) is 7.33. The van der Waals surface area contributed by atoms with Gasteiger partial charge in [0, 0.05) is 38.1 Å². The lowest BCUT2D eigenvalue weighted by atomic mass is 10.0. The second kappa shape index (κ2) is 6.53. The zero-order valence-electron chi connectivity index (χ0n) is 11.7. The third-order valence-corrected chi connectivity index (χ3v) is 3.87. The maximum atomic E-state index is 4.15. The zero-order valence-corrected chi connectivity index (χ0v) is 11.7. The lowest BCUT2D eigenvalue weighted by Crippen LogP contribution is -2.38. The Morgan fingerprint density at radius 1 is 1.05 bits per heavy atom. The van der Waals surface area contributed by atoms with E-state index in [-0.39, 0.29) is 0 Å². The first-order valence-corrected chi connectivity index (χ1v) is 7.33. The second-order valence-electron chi connectivity index (χ2n) is 5.42. The molecule has 1 aromatic heterocycles. The minimum atomic E-state index is 0.575. The van der Waals surface area contributed by atoms with Crippen LogP contribution in [-0.4, -0.2) is 29.0 Å². The molecule has 3 nitrogen and oxygen atoms in total. The highest BCUT2D eigenvalue weighted by Crippen LogP contribution is 2.17. The largest absolute Gasteiger partial charge is 0.381 e. The van der Waals surface area contributed by atoms with Crippen LogP contribution in [0, 0.1) is 0 Å². The van der Waals surface area contributed by atoms with Gasteiger partial charge in [0.2, 0.25) is 0 Å². The molecule has 0 spiro atoms. The van der Waals surface area contributed by atoms with Crippen LogP contribution in [0.4, 0.5) is 5.69 Å². The monoisotopic (exact) mass is 267 g/mol. The molecule has 2 aromatic rings. The number of pyridine rings is 1. The molecular formula is C17H21N3. The van der Waals surface area contributed by atoms with E-state index in [0.29, 0.717) is 6.04 Å². The van der Waals surface area contributed by atoms with Crippen LogP contribution in [0.15, 0.2) is 54.9 Å². The molecule has 1 aromatic carbocycles. The Morgan fingerprint density at radius 2 is 1.85 bits per heavy atom. The molecule has 0 aliphatic carbocycles. The summed E-state index contributed by atoms with van der Waals surface area (Å²) in [5, 5.41) is 3.58. The summed E-state index contributed by atoms with van der Waals surface area (Å²) < 4.78 is 0. The van der Waals surface area contributed by atoms with E-state index in [1.165, 1.54) is 18.4 Å². The van der Waals surface area contributed by atoms with Crippen molar-refractivity contribution >= 4 is 5.69 Å². The van der Waals surface area contributed by atoms with Crippen LogP contribution in [0.3, 0.4) is 0 Å². The van der Waals surface area contributed by atoms with Gasteiger partial charge in [-0.1, -0.05) is 30.3 Å². The van der Waals surface area contributed by atoms with Crippen molar-refractivity contribution in [2.45, 2.75) is 25.4 Å². The van der Waals surface area contributed by atoms with Crippen LogP contribution in [0.25, 0.3) is 0 Å². The molecule has 1 aliphatic rings. The Labute approximate surface area is 120 Å². The third kappa shape index (κ3) is 3.58. The molecule has 3 rings (SSSR count). The molecule has 0 amide bonds. The predicted octanol–water partition coefficient (Wildman–Crippen LogP) is 3.16. The lowest BCUT2D eigenvalue weighted by molar-refractivity contribution is 0.211. The molecule has 2 heterocycles. The number of hydrogen-bond acceptors (Lipinski definition) is 3. The van der Waals surface area contributed by atoms with Crippen molar-refractivity contribution in [3.05, 3.63) is 60.4 Å². The SMILES string of the molecule is c1ccc(CN2CCC(Nc3cccnc3)CC2)cc1. The van der Waals surface area contributed by atoms with Crippen LogP contribution in [0.5, 0.6) is 0 Å². The average Bonchev–Trinajstić information content (AvgIpc) is 2.51. The normalized spacial score (nSPS) is 17.0. The van der Waals surface area contributed by atoms with Gasteiger partial charge in [0.25, 0.3) is 0 Å². The fourth-order valence-corrected chi connectivity index (χ4v) is 2.76. The topological polar surface area (TPSA) is 28.2 Å².